The smallest absolute Gasteiger partial charge is 0.276 e. The van der Waals surface area contributed by atoms with E-state index in [4.69, 9.17) is 10.3 Å². The summed E-state index contributed by atoms with van der Waals surface area (Å²) in [4.78, 5) is 11.4. The van der Waals surface area contributed by atoms with Crippen LogP contribution in [0.3, 0.4) is 0 Å². The van der Waals surface area contributed by atoms with Crippen LogP contribution in [0.5, 0.6) is 0 Å². The van der Waals surface area contributed by atoms with Gasteiger partial charge >= 0.3 is 0 Å². The normalized spacial score (nSPS) is 15.6. The molecule has 4 rings (SSSR count). The molecule has 0 radical (unpaired) electrons. The predicted octanol–water partition coefficient (Wildman–Crippen LogP) is 2.78. The van der Waals surface area contributed by atoms with Crippen LogP contribution in [-0.2, 0) is 0 Å². The fourth-order valence-corrected chi connectivity index (χ4v) is 2.94. The van der Waals surface area contributed by atoms with Gasteiger partial charge in [-0.05, 0) is 30.5 Å². The second kappa shape index (κ2) is 6.41. The van der Waals surface area contributed by atoms with Crippen molar-refractivity contribution < 1.29 is 4.52 Å². The quantitative estimate of drug-likeness (QED) is 0.796. The Balaban J connectivity index is 1.59. The maximum absolute atomic E-state index is 6.22. The molecule has 1 fully saturated rings. The number of pyridine rings is 1. The van der Waals surface area contributed by atoms with Crippen molar-refractivity contribution in [1.82, 2.24) is 15.1 Å². The van der Waals surface area contributed by atoms with Crippen molar-refractivity contribution in [1.29, 1.82) is 0 Å². The van der Waals surface area contributed by atoms with Crippen LogP contribution in [0.25, 0.3) is 11.6 Å². The Morgan fingerprint density at radius 1 is 0.958 bits per heavy atom. The Hall–Kier alpha value is -2.73. The largest absolute Gasteiger partial charge is 0.357 e. The van der Waals surface area contributed by atoms with Gasteiger partial charge in [0, 0.05) is 13.1 Å². The van der Waals surface area contributed by atoms with Crippen LogP contribution in [0.1, 0.15) is 30.3 Å². The molecule has 6 nitrogen and oxygen atoms in total. The van der Waals surface area contributed by atoms with Crippen molar-refractivity contribution in [2.24, 2.45) is 5.73 Å². The number of aromatic nitrogens is 3. The number of rotatable bonds is 4. The zero-order valence-electron chi connectivity index (χ0n) is 13.3. The van der Waals surface area contributed by atoms with E-state index in [2.05, 4.69) is 20.0 Å². The van der Waals surface area contributed by atoms with Gasteiger partial charge in [0.1, 0.15) is 11.5 Å². The minimum atomic E-state index is -0.412. The molecule has 122 valence electrons. The standard InChI is InChI=1S/C18H19N5O/c19-16(13-7-2-1-3-8-13)17-21-18(24-22-17)14-9-6-10-15(20-14)23-11-4-5-12-23/h1-3,6-10,16H,4-5,11-12,19H2. The zero-order chi connectivity index (χ0) is 16.4. The molecular formula is C18H19N5O. The van der Waals surface area contributed by atoms with Gasteiger partial charge in [-0.3, -0.25) is 0 Å². The molecule has 0 amide bonds. The monoisotopic (exact) mass is 321 g/mol. The first kappa shape index (κ1) is 14.8. The number of nitrogens with zero attached hydrogens (tertiary/aromatic N) is 4. The molecule has 1 aromatic carbocycles. The highest BCUT2D eigenvalue weighted by atomic mass is 16.5. The Morgan fingerprint density at radius 2 is 1.75 bits per heavy atom. The maximum Gasteiger partial charge on any atom is 0.276 e. The third-order valence-electron chi connectivity index (χ3n) is 4.26. The maximum atomic E-state index is 6.22. The third-order valence-corrected chi connectivity index (χ3v) is 4.26. The first-order valence-corrected chi connectivity index (χ1v) is 8.18. The van der Waals surface area contributed by atoms with Crippen molar-refractivity contribution in [2.75, 3.05) is 18.0 Å². The molecule has 24 heavy (non-hydrogen) atoms. The van der Waals surface area contributed by atoms with Crippen LogP contribution < -0.4 is 10.6 Å². The lowest BCUT2D eigenvalue weighted by Crippen LogP contribution is -2.18. The topological polar surface area (TPSA) is 81.1 Å². The summed E-state index contributed by atoms with van der Waals surface area (Å²) in [5.41, 5.74) is 7.85. The van der Waals surface area contributed by atoms with Crippen LogP contribution in [0, 0.1) is 0 Å². The van der Waals surface area contributed by atoms with E-state index in [1.165, 1.54) is 12.8 Å². The van der Waals surface area contributed by atoms with Crippen molar-refractivity contribution in [2.45, 2.75) is 18.9 Å². The summed E-state index contributed by atoms with van der Waals surface area (Å²) in [5.74, 6) is 1.82. The first-order chi connectivity index (χ1) is 11.8. The van der Waals surface area contributed by atoms with Crippen molar-refractivity contribution in [3.05, 3.63) is 59.9 Å². The molecule has 0 aliphatic carbocycles. The SMILES string of the molecule is NC(c1ccccc1)c1noc(-c2cccc(N3CCCC3)n2)n1. The lowest BCUT2D eigenvalue weighted by atomic mass is 10.1. The molecule has 2 aromatic heterocycles. The van der Waals surface area contributed by atoms with Crippen molar-refractivity contribution in [3.8, 4) is 11.6 Å². The van der Waals surface area contributed by atoms with Gasteiger partial charge in [-0.25, -0.2) is 4.98 Å². The lowest BCUT2D eigenvalue weighted by molar-refractivity contribution is 0.418. The van der Waals surface area contributed by atoms with E-state index in [1.807, 2.05) is 48.5 Å². The van der Waals surface area contributed by atoms with Crippen LogP contribution >= 0.6 is 0 Å². The van der Waals surface area contributed by atoms with Gasteiger partial charge in [-0.1, -0.05) is 41.6 Å². The fourth-order valence-electron chi connectivity index (χ4n) is 2.94. The second-order valence-electron chi connectivity index (χ2n) is 5.92. The summed E-state index contributed by atoms with van der Waals surface area (Å²) in [5, 5.41) is 4.03. The molecule has 6 heteroatoms. The lowest BCUT2D eigenvalue weighted by Gasteiger charge is -2.16. The minimum Gasteiger partial charge on any atom is -0.357 e. The summed E-state index contributed by atoms with van der Waals surface area (Å²) in [6.07, 6.45) is 2.42. The van der Waals surface area contributed by atoms with E-state index in [0.717, 1.165) is 24.5 Å². The molecule has 1 aliphatic rings. The highest BCUT2D eigenvalue weighted by Gasteiger charge is 2.19. The Kier molecular flexibility index (Phi) is 3.96. The molecule has 0 bridgehead atoms. The number of nitrogens with two attached hydrogens (primary N) is 1. The average Bonchev–Trinajstić information content (AvgIpc) is 3.34. The number of hydrogen-bond acceptors (Lipinski definition) is 6. The van der Waals surface area contributed by atoms with Crippen LogP contribution in [0.15, 0.2) is 53.1 Å². The Labute approximate surface area is 140 Å². The minimum absolute atomic E-state index is 0.400. The average molecular weight is 321 g/mol. The van der Waals surface area contributed by atoms with Crippen LogP contribution in [0.4, 0.5) is 5.82 Å². The third kappa shape index (κ3) is 2.88. The van der Waals surface area contributed by atoms with E-state index < -0.39 is 6.04 Å². The molecule has 1 saturated heterocycles. The highest BCUT2D eigenvalue weighted by molar-refractivity contribution is 5.53. The van der Waals surface area contributed by atoms with Gasteiger partial charge in [0.2, 0.25) is 0 Å². The van der Waals surface area contributed by atoms with Gasteiger partial charge < -0.3 is 15.2 Å². The Bertz CT molecular complexity index is 811. The van der Waals surface area contributed by atoms with Crippen molar-refractivity contribution >= 4 is 5.82 Å². The van der Waals surface area contributed by atoms with Crippen LogP contribution in [0.2, 0.25) is 0 Å². The summed E-state index contributed by atoms with van der Waals surface area (Å²) in [7, 11) is 0. The molecule has 0 spiro atoms. The van der Waals surface area contributed by atoms with E-state index in [0.29, 0.717) is 17.4 Å². The summed E-state index contributed by atoms with van der Waals surface area (Å²) < 4.78 is 5.39. The van der Waals surface area contributed by atoms with E-state index in [1.54, 1.807) is 0 Å². The molecule has 1 atom stereocenters. The van der Waals surface area contributed by atoms with Gasteiger partial charge in [-0.15, -0.1) is 0 Å². The summed E-state index contributed by atoms with van der Waals surface area (Å²) in [6.45, 7) is 2.09. The first-order valence-electron chi connectivity index (χ1n) is 8.18. The molecule has 1 unspecified atom stereocenters. The molecular weight excluding hydrogens is 302 g/mol. The number of hydrogen-bond donors (Lipinski definition) is 1. The van der Waals surface area contributed by atoms with Gasteiger partial charge in [0.25, 0.3) is 5.89 Å². The molecule has 3 heterocycles. The number of anilines is 1. The van der Waals surface area contributed by atoms with Gasteiger partial charge in [0.05, 0.1) is 6.04 Å². The van der Waals surface area contributed by atoms with Crippen LogP contribution in [-0.4, -0.2) is 28.2 Å². The summed E-state index contributed by atoms with van der Waals surface area (Å²) >= 11 is 0. The van der Waals surface area contributed by atoms with Gasteiger partial charge in [0.15, 0.2) is 5.82 Å². The Morgan fingerprint density at radius 3 is 2.54 bits per heavy atom. The molecule has 0 saturated carbocycles. The molecule has 2 N–H and O–H groups in total. The number of benzene rings is 1. The van der Waals surface area contributed by atoms with Crippen molar-refractivity contribution in [3.63, 3.8) is 0 Å². The fraction of sp³-hybridized carbons (Fsp3) is 0.278. The zero-order valence-corrected chi connectivity index (χ0v) is 13.3. The molecule has 1 aliphatic heterocycles. The molecule has 3 aromatic rings. The van der Waals surface area contributed by atoms with E-state index in [9.17, 15) is 0 Å². The van der Waals surface area contributed by atoms with E-state index >= 15 is 0 Å². The highest BCUT2D eigenvalue weighted by Crippen LogP contribution is 2.24. The predicted molar refractivity (Wildman–Crippen MR) is 91.4 cm³/mol. The second-order valence-corrected chi connectivity index (χ2v) is 5.92. The summed E-state index contributed by atoms with van der Waals surface area (Å²) in [6, 6.07) is 15.2. The van der Waals surface area contributed by atoms with E-state index in [-0.39, 0.29) is 0 Å². The van der Waals surface area contributed by atoms with Gasteiger partial charge in [-0.2, -0.15) is 4.98 Å².